The van der Waals surface area contributed by atoms with Gasteiger partial charge in [-0.15, -0.1) is 0 Å². The average molecular weight is 377 g/mol. The molecule has 0 fully saturated rings. The van der Waals surface area contributed by atoms with Gasteiger partial charge in [-0.3, -0.25) is 0 Å². The summed E-state index contributed by atoms with van der Waals surface area (Å²) in [6, 6.07) is 22.4. The van der Waals surface area contributed by atoms with Crippen LogP contribution in [-0.2, 0) is 13.3 Å². The molecule has 2 aromatic carbocycles. The molecule has 0 heterocycles. The smallest absolute Gasteiger partial charge is 0.374 e. The van der Waals surface area contributed by atoms with Gasteiger partial charge in [-0.05, 0) is 45.5 Å². The lowest BCUT2D eigenvalue weighted by Gasteiger charge is -2.30. The molecular weight excluding hydrogens is 347 g/mol. The predicted octanol–water partition coefficient (Wildman–Crippen LogP) is 4.17. The van der Waals surface area contributed by atoms with Crippen LogP contribution < -0.4 is 10.6 Å². The first-order chi connectivity index (χ1) is 12.2. The van der Waals surface area contributed by atoms with Crippen molar-refractivity contribution in [2.45, 2.75) is 26.8 Å². The quantitative estimate of drug-likeness (QED) is 0.435. The molecule has 0 aliphatic heterocycles. The van der Waals surface area contributed by atoms with E-state index < -0.39 is 16.7 Å². The number of hydrogen-bond donors (Lipinski definition) is 0. The van der Waals surface area contributed by atoms with Crippen LogP contribution >= 0.6 is 7.92 Å². The molecule has 0 saturated carbocycles. The summed E-state index contributed by atoms with van der Waals surface area (Å²) in [6.45, 7) is 7.91. The maximum Gasteiger partial charge on any atom is 0.501 e. The highest BCUT2D eigenvalue weighted by molar-refractivity contribution is 7.73. The average Bonchev–Trinajstić information content (AvgIpc) is 2.64. The minimum atomic E-state index is -2.61. The van der Waals surface area contributed by atoms with Gasteiger partial charge in [-0.2, -0.15) is 0 Å². The van der Waals surface area contributed by atoms with Gasteiger partial charge in [0, 0.05) is 25.9 Å². The van der Waals surface area contributed by atoms with E-state index in [1.165, 1.54) is 10.6 Å². The molecule has 0 saturated heterocycles. The van der Waals surface area contributed by atoms with Crippen LogP contribution in [-0.4, -0.2) is 34.8 Å². The Morgan fingerprint density at radius 1 is 0.680 bits per heavy atom. The van der Waals surface area contributed by atoms with E-state index >= 15 is 0 Å². The van der Waals surface area contributed by atoms with Crippen molar-refractivity contribution in [2.75, 3.05) is 26.0 Å². The topological polar surface area (TPSA) is 27.7 Å². The molecule has 0 unspecified atom stereocenters. The van der Waals surface area contributed by atoms with E-state index in [0.717, 1.165) is 12.2 Å². The number of benzene rings is 2. The second kappa shape index (κ2) is 10.8. The van der Waals surface area contributed by atoms with Gasteiger partial charge in [0.1, 0.15) is 0 Å². The first-order valence-corrected chi connectivity index (χ1v) is 12.5. The van der Waals surface area contributed by atoms with Gasteiger partial charge in [0.2, 0.25) is 0 Å². The van der Waals surface area contributed by atoms with E-state index in [1.54, 1.807) is 0 Å². The molecule has 0 atom stereocenters. The van der Waals surface area contributed by atoms with Crippen LogP contribution in [0, 0.1) is 0 Å². The molecule has 0 aliphatic rings. The summed E-state index contributed by atoms with van der Waals surface area (Å²) in [5.41, 5.74) is 0. The molecule has 0 radical (unpaired) electrons. The van der Waals surface area contributed by atoms with Gasteiger partial charge in [0.05, 0.1) is 0 Å². The van der Waals surface area contributed by atoms with Crippen molar-refractivity contribution in [3.63, 3.8) is 0 Å². The van der Waals surface area contributed by atoms with Crippen molar-refractivity contribution in [1.82, 2.24) is 0 Å². The van der Waals surface area contributed by atoms with E-state index in [1.807, 2.05) is 20.8 Å². The summed E-state index contributed by atoms with van der Waals surface area (Å²) in [4.78, 5) is 0. The van der Waals surface area contributed by atoms with Crippen LogP contribution in [0.5, 0.6) is 0 Å². The first kappa shape index (κ1) is 20.3. The molecule has 2 rings (SSSR count). The SMILES string of the molecule is CCO[Si](CCP(c1ccccc1)c1ccccc1)(OCC)OCC. The lowest BCUT2D eigenvalue weighted by molar-refractivity contribution is 0.0728. The van der Waals surface area contributed by atoms with E-state index in [9.17, 15) is 0 Å². The van der Waals surface area contributed by atoms with Crippen LogP contribution in [0.1, 0.15) is 20.8 Å². The fourth-order valence-corrected chi connectivity index (χ4v) is 8.74. The lowest BCUT2D eigenvalue weighted by Crippen LogP contribution is -2.46. The van der Waals surface area contributed by atoms with E-state index in [-0.39, 0.29) is 0 Å². The van der Waals surface area contributed by atoms with Crippen LogP contribution in [0.2, 0.25) is 6.04 Å². The third-order valence-electron chi connectivity index (χ3n) is 3.87. The predicted molar refractivity (Wildman–Crippen MR) is 109 cm³/mol. The minimum absolute atomic E-state index is 0.453. The van der Waals surface area contributed by atoms with Gasteiger partial charge in [0.25, 0.3) is 0 Å². The van der Waals surface area contributed by atoms with Gasteiger partial charge in [-0.25, -0.2) is 0 Å². The van der Waals surface area contributed by atoms with Crippen molar-refractivity contribution < 1.29 is 13.3 Å². The summed E-state index contributed by atoms with van der Waals surface area (Å²) < 4.78 is 18.1. The molecule has 25 heavy (non-hydrogen) atoms. The summed E-state index contributed by atoms with van der Waals surface area (Å²) in [7, 11) is -3.06. The zero-order valence-corrected chi connectivity index (χ0v) is 17.4. The minimum Gasteiger partial charge on any atom is -0.374 e. The van der Waals surface area contributed by atoms with Gasteiger partial charge in [-0.1, -0.05) is 60.7 Å². The highest BCUT2D eigenvalue weighted by atomic mass is 31.1. The van der Waals surface area contributed by atoms with Crippen molar-refractivity contribution >= 4 is 27.3 Å². The number of hydrogen-bond acceptors (Lipinski definition) is 3. The van der Waals surface area contributed by atoms with Crippen molar-refractivity contribution in [3.05, 3.63) is 60.7 Å². The molecule has 136 valence electrons. The Kier molecular flexibility index (Phi) is 8.80. The Balaban J connectivity index is 2.23. The summed E-state index contributed by atoms with van der Waals surface area (Å²) >= 11 is 0. The largest absolute Gasteiger partial charge is 0.501 e. The second-order valence-electron chi connectivity index (χ2n) is 5.55. The van der Waals surface area contributed by atoms with E-state index in [2.05, 4.69) is 60.7 Å². The van der Waals surface area contributed by atoms with Crippen LogP contribution in [0.4, 0.5) is 0 Å². The van der Waals surface area contributed by atoms with Crippen LogP contribution in [0.3, 0.4) is 0 Å². The van der Waals surface area contributed by atoms with Gasteiger partial charge in [0.15, 0.2) is 0 Å². The molecule has 0 aliphatic carbocycles. The van der Waals surface area contributed by atoms with Gasteiger partial charge >= 0.3 is 8.80 Å². The summed E-state index contributed by atoms with van der Waals surface area (Å²) in [5.74, 6) is 0. The Morgan fingerprint density at radius 3 is 1.44 bits per heavy atom. The van der Waals surface area contributed by atoms with E-state index in [4.69, 9.17) is 13.3 Å². The molecular formula is C20H29O3PSi. The van der Waals surface area contributed by atoms with E-state index in [0.29, 0.717) is 19.8 Å². The Morgan fingerprint density at radius 2 is 1.08 bits per heavy atom. The molecule has 0 spiro atoms. The van der Waals surface area contributed by atoms with Crippen molar-refractivity contribution in [1.29, 1.82) is 0 Å². The fraction of sp³-hybridized carbons (Fsp3) is 0.400. The molecule has 2 aromatic rings. The van der Waals surface area contributed by atoms with Crippen molar-refractivity contribution in [2.24, 2.45) is 0 Å². The standard InChI is InChI=1S/C20H29O3PSi/c1-4-21-25(22-5-2,23-6-3)18-17-24(19-13-9-7-10-14-19)20-15-11-8-12-16-20/h7-16H,4-6,17-18H2,1-3H3. The molecule has 0 amide bonds. The molecule has 0 N–H and O–H groups in total. The Hall–Kier alpha value is -1.03. The molecule has 0 aromatic heterocycles. The maximum absolute atomic E-state index is 6.04. The third kappa shape index (κ3) is 6.02. The maximum atomic E-state index is 6.04. The first-order valence-electron chi connectivity index (χ1n) is 9.04. The number of rotatable bonds is 11. The van der Waals surface area contributed by atoms with Gasteiger partial charge < -0.3 is 13.3 Å². The molecule has 5 heteroatoms. The highest BCUT2D eigenvalue weighted by Crippen LogP contribution is 2.36. The lowest BCUT2D eigenvalue weighted by atomic mass is 10.4. The zero-order valence-electron chi connectivity index (χ0n) is 15.5. The van der Waals surface area contributed by atoms with Crippen LogP contribution in [0.15, 0.2) is 60.7 Å². The Bertz CT molecular complexity index is 538. The summed E-state index contributed by atoms with van der Waals surface area (Å²) in [5, 5.41) is 2.77. The molecule has 3 nitrogen and oxygen atoms in total. The molecule has 0 bridgehead atoms. The third-order valence-corrected chi connectivity index (χ3v) is 9.85. The van der Waals surface area contributed by atoms with Crippen molar-refractivity contribution in [3.8, 4) is 0 Å². The fourth-order valence-electron chi connectivity index (χ4n) is 2.87. The second-order valence-corrected chi connectivity index (χ2v) is 10.6. The summed E-state index contributed by atoms with van der Waals surface area (Å²) in [6.07, 6.45) is 1.01. The monoisotopic (exact) mass is 376 g/mol. The Labute approximate surface area is 154 Å². The normalized spacial score (nSPS) is 11.8. The zero-order chi connectivity index (χ0) is 18.0. The van der Waals surface area contributed by atoms with Crippen LogP contribution in [0.25, 0.3) is 0 Å². The highest BCUT2D eigenvalue weighted by Gasteiger charge is 2.40.